The molecule has 0 saturated heterocycles. The van der Waals surface area contributed by atoms with Crippen molar-refractivity contribution in [1.82, 2.24) is 15.1 Å². The summed E-state index contributed by atoms with van der Waals surface area (Å²) in [5, 5.41) is 7.33. The van der Waals surface area contributed by atoms with Crippen LogP contribution >= 0.6 is 0 Å². The summed E-state index contributed by atoms with van der Waals surface area (Å²) in [4.78, 5) is 12.7. The molecule has 0 unspecified atom stereocenters. The van der Waals surface area contributed by atoms with E-state index < -0.39 is 0 Å². The third-order valence-electron chi connectivity index (χ3n) is 4.49. The third kappa shape index (κ3) is 4.80. The molecule has 1 aromatic heterocycles. The molecule has 0 radical (unpaired) electrons. The van der Waals surface area contributed by atoms with E-state index in [2.05, 4.69) is 61.2 Å². The summed E-state index contributed by atoms with van der Waals surface area (Å²) in [7, 11) is 1.82. The minimum Gasteiger partial charge on any atom is -0.322 e. The Labute approximate surface area is 167 Å². The number of hydrogen-bond acceptors (Lipinski definition) is 2. The molecule has 144 valence electrons. The monoisotopic (exact) mass is 373 g/mol. The first-order valence-corrected chi connectivity index (χ1v) is 9.58. The van der Waals surface area contributed by atoms with Gasteiger partial charge in [0.25, 0.3) is 5.91 Å². The Kier molecular flexibility index (Phi) is 5.56. The summed E-state index contributed by atoms with van der Waals surface area (Å²) in [6.07, 6.45) is 7.70. The largest absolute Gasteiger partial charge is 0.322 e. The second kappa shape index (κ2) is 7.90. The van der Waals surface area contributed by atoms with Gasteiger partial charge in [-0.1, -0.05) is 30.0 Å². The number of carbonyl (C=O) groups excluding carboxylic acids is 1. The van der Waals surface area contributed by atoms with E-state index >= 15 is 0 Å². The Balaban J connectivity index is 1.86. The molecule has 0 saturated carbocycles. The molecule has 4 heteroatoms. The van der Waals surface area contributed by atoms with Gasteiger partial charge in [0.2, 0.25) is 0 Å². The number of aromatic nitrogens is 2. The molecular formula is C24H27N3O. The molecule has 1 aliphatic carbocycles. The molecule has 0 fully saturated rings. The first-order valence-electron chi connectivity index (χ1n) is 9.58. The highest BCUT2D eigenvalue weighted by Gasteiger charge is 2.17. The fourth-order valence-corrected chi connectivity index (χ4v) is 3.11. The van der Waals surface area contributed by atoms with Crippen LogP contribution in [0.5, 0.6) is 0 Å². The Morgan fingerprint density at radius 1 is 1.21 bits per heavy atom. The average Bonchev–Trinajstić information content (AvgIpc) is 2.99. The molecule has 0 atom stereocenters. The quantitative estimate of drug-likeness (QED) is 0.798. The standard InChI is InChI=1S/C24H27N3O/c1-17-21(16-27(5)26-17)23(28)25-22-9-7-6-8-20(22)19-12-10-18(11-13-19)14-15-24(2,3)4/h7,9-13,16H,6,8H2,1-5H3,(H,25,28). The van der Waals surface area contributed by atoms with Gasteiger partial charge in [0.05, 0.1) is 11.3 Å². The third-order valence-corrected chi connectivity index (χ3v) is 4.49. The number of nitrogens with zero attached hydrogens (tertiary/aromatic N) is 2. The van der Waals surface area contributed by atoms with E-state index in [0.29, 0.717) is 5.56 Å². The molecule has 1 aliphatic rings. The molecule has 28 heavy (non-hydrogen) atoms. The number of nitrogens with one attached hydrogen (secondary N) is 1. The topological polar surface area (TPSA) is 46.9 Å². The molecule has 0 aliphatic heterocycles. The van der Waals surface area contributed by atoms with Gasteiger partial charge in [-0.25, -0.2) is 0 Å². The maximum Gasteiger partial charge on any atom is 0.259 e. The van der Waals surface area contributed by atoms with E-state index in [9.17, 15) is 4.79 Å². The lowest BCUT2D eigenvalue weighted by Gasteiger charge is -2.17. The van der Waals surface area contributed by atoms with Crippen LogP contribution in [-0.4, -0.2) is 15.7 Å². The maximum absolute atomic E-state index is 12.7. The summed E-state index contributed by atoms with van der Waals surface area (Å²) in [6.45, 7) is 8.16. The van der Waals surface area contributed by atoms with Gasteiger partial charge in [-0.3, -0.25) is 9.48 Å². The zero-order valence-corrected chi connectivity index (χ0v) is 17.3. The van der Waals surface area contributed by atoms with E-state index in [-0.39, 0.29) is 11.3 Å². The van der Waals surface area contributed by atoms with Gasteiger partial charge in [0, 0.05) is 29.9 Å². The number of hydrogen-bond donors (Lipinski definition) is 1. The summed E-state index contributed by atoms with van der Waals surface area (Å²) >= 11 is 0. The summed E-state index contributed by atoms with van der Waals surface area (Å²) < 4.78 is 1.66. The normalized spacial score (nSPS) is 13.9. The van der Waals surface area contributed by atoms with Crippen LogP contribution < -0.4 is 5.32 Å². The fourth-order valence-electron chi connectivity index (χ4n) is 3.11. The van der Waals surface area contributed by atoms with Crippen molar-refractivity contribution < 1.29 is 4.79 Å². The van der Waals surface area contributed by atoms with Crippen molar-refractivity contribution in [2.75, 3.05) is 0 Å². The zero-order valence-electron chi connectivity index (χ0n) is 17.3. The lowest BCUT2D eigenvalue weighted by atomic mass is 9.93. The molecule has 1 amide bonds. The van der Waals surface area contributed by atoms with Crippen LogP contribution in [0.3, 0.4) is 0 Å². The molecule has 1 heterocycles. The van der Waals surface area contributed by atoms with Crippen molar-refractivity contribution in [3.8, 4) is 11.8 Å². The zero-order chi connectivity index (χ0) is 20.3. The van der Waals surface area contributed by atoms with E-state index in [4.69, 9.17) is 0 Å². The second-order valence-corrected chi connectivity index (χ2v) is 8.17. The van der Waals surface area contributed by atoms with Gasteiger partial charge < -0.3 is 5.32 Å². The summed E-state index contributed by atoms with van der Waals surface area (Å²) in [6, 6.07) is 8.26. The fraction of sp³-hybridized carbons (Fsp3) is 0.333. The molecule has 2 aromatic rings. The Morgan fingerprint density at radius 2 is 1.93 bits per heavy atom. The Bertz CT molecular complexity index is 1000. The number of aryl methyl sites for hydroxylation is 2. The van der Waals surface area contributed by atoms with Crippen LogP contribution in [0.15, 0.2) is 48.3 Å². The summed E-state index contributed by atoms with van der Waals surface area (Å²) in [5.41, 5.74) is 5.42. The van der Waals surface area contributed by atoms with Gasteiger partial charge in [0.15, 0.2) is 0 Å². The van der Waals surface area contributed by atoms with Crippen LogP contribution in [0, 0.1) is 24.2 Å². The average molecular weight is 374 g/mol. The molecule has 1 N–H and O–H groups in total. The van der Waals surface area contributed by atoms with E-state index in [1.54, 1.807) is 10.9 Å². The molecule has 1 aromatic carbocycles. The van der Waals surface area contributed by atoms with Crippen molar-refractivity contribution >= 4 is 11.5 Å². The smallest absolute Gasteiger partial charge is 0.259 e. The van der Waals surface area contributed by atoms with Crippen LogP contribution in [0.4, 0.5) is 0 Å². The number of rotatable bonds is 3. The van der Waals surface area contributed by atoms with E-state index in [0.717, 1.165) is 40.9 Å². The van der Waals surface area contributed by atoms with Crippen LogP contribution in [0.2, 0.25) is 0 Å². The highest BCUT2D eigenvalue weighted by molar-refractivity contribution is 5.97. The lowest BCUT2D eigenvalue weighted by Crippen LogP contribution is -2.24. The first kappa shape index (κ1) is 19.7. The molecule has 0 bridgehead atoms. The SMILES string of the molecule is Cc1nn(C)cc1C(=O)NC1=C(c2ccc(C#CC(C)(C)C)cc2)CCC=C1. The first-order chi connectivity index (χ1) is 13.2. The van der Waals surface area contributed by atoms with Gasteiger partial charge in [-0.2, -0.15) is 5.10 Å². The molecule has 0 spiro atoms. The number of amides is 1. The van der Waals surface area contributed by atoms with Crippen molar-refractivity contribution in [3.05, 3.63) is 70.7 Å². The second-order valence-electron chi connectivity index (χ2n) is 8.17. The highest BCUT2D eigenvalue weighted by atomic mass is 16.1. The van der Waals surface area contributed by atoms with Gasteiger partial charge in [-0.15, -0.1) is 0 Å². The number of allylic oxidation sites excluding steroid dienone is 3. The molecular weight excluding hydrogens is 346 g/mol. The van der Waals surface area contributed by atoms with Crippen LogP contribution in [0.25, 0.3) is 5.57 Å². The predicted octanol–water partition coefficient (Wildman–Crippen LogP) is 4.62. The van der Waals surface area contributed by atoms with Crippen LogP contribution in [0.1, 0.15) is 60.8 Å². The van der Waals surface area contributed by atoms with E-state index in [1.165, 1.54) is 0 Å². The maximum atomic E-state index is 12.7. The minimum atomic E-state index is -0.127. The van der Waals surface area contributed by atoms with Crippen molar-refractivity contribution in [2.24, 2.45) is 12.5 Å². The lowest BCUT2D eigenvalue weighted by molar-refractivity contribution is 0.0966. The predicted molar refractivity (Wildman–Crippen MR) is 113 cm³/mol. The van der Waals surface area contributed by atoms with Gasteiger partial charge in [0.1, 0.15) is 0 Å². The summed E-state index contributed by atoms with van der Waals surface area (Å²) in [5.74, 6) is 6.36. The molecule has 3 rings (SSSR count). The number of benzene rings is 1. The van der Waals surface area contributed by atoms with Gasteiger partial charge in [-0.05, 0) is 69.9 Å². The number of carbonyl (C=O) groups is 1. The highest BCUT2D eigenvalue weighted by Crippen LogP contribution is 2.28. The van der Waals surface area contributed by atoms with E-state index in [1.807, 2.05) is 32.2 Å². The Morgan fingerprint density at radius 3 is 2.54 bits per heavy atom. The van der Waals surface area contributed by atoms with Gasteiger partial charge >= 0.3 is 0 Å². The van der Waals surface area contributed by atoms with Crippen LogP contribution in [-0.2, 0) is 7.05 Å². The minimum absolute atomic E-state index is 0.0166. The van der Waals surface area contributed by atoms with Crippen molar-refractivity contribution in [2.45, 2.75) is 40.5 Å². The van der Waals surface area contributed by atoms with Crippen molar-refractivity contribution in [1.29, 1.82) is 0 Å². The molecule has 4 nitrogen and oxygen atoms in total. The van der Waals surface area contributed by atoms with Crippen molar-refractivity contribution in [3.63, 3.8) is 0 Å². The Hall–Kier alpha value is -3.06.